The number of hydrogen-bond donors (Lipinski definition) is 0. The Morgan fingerprint density at radius 3 is 2.71 bits per heavy atom. The summed E-state index contributed by atoms with van der Waals surface area (Å²) in [6.45, 7) is 0. The SMILES string of the molecule is COc1ccc(N2N=CCSC2=O)cc1OC. The van der Waals surface area contributed by atoms with E-state index in [4.69, 9.17) is 9.47 Å². The van der Waals surface area contributed by atoms with Gasteiger partial charge in [0.15, 0.2) is 11.5 Å². The number of hydrazone groups is 1. The lowest BCUT2D eigenvalue weighted by Crippen LogP contribution is -2.25. The van der Waals surface area contributed by atoms with Gasteiger partial charge in [-0.25, -0.2) is 0 Å². The molecular weight excluding hydrogens is 240 g/mol. The van der Waals surface area contributed by atoms with E-state index in [1.165, 1.54) is 16.8 Å². The predicted molar refractivity (Wildman–Crippen MR) is 68.4 cm³/mol. The van der Waals surface area contributed by atoms with E-state index in [0.29, 0.717) is 22.9 Å². The van der Waals surface area contributed by atoms with Crippen LogP contribution >= 0.6 is 11.8 Å². The van der Waals surface area contributed by atoms with Gasteiger partial charge >= 0.3 is 5.24 Å². The molecule has 0 atom stereocenters. The highest BCUT2D eigenvalue weighted by Gasteiger charge is 2.19. The Hall–Kier alpha value is -1.69. The van der Waals surface area contributed by atoms with Gasteiger partial charge in [0, 0.05) is 18.0 Å². The van der Waals surface area contributed by atoms with E-state index in [9.17, 15) is 4.79 Å². The summed E-state index contributed by atoms with van der Waals surface area (Å²) in [5, 5.41) is 5.30. The standard InChI is InChI=1S/C11H12N2O3S/c1-15-9-4-3-8(7-10(9)16-2)13-11(14)17-6-5-12-13/h3-5,7H,6H2,1-2H3. The molecule has 2 rings (SSSR count). The molecule has 0 unspecified atom stereocenters. The molecule has 0 saturated carbocycles. The fraction of sp³-hybridized carbons (Fsp3) is 0.273. The van der Waals surface area contributed by atoms with Crippen LogP contribution in [0.1, 0.15) is 0 Å². The van der Waals surface area contributed by atoms with E-state index in [2.05, 4.69) is 5.10 Å². The van der Waals surface area contributed by atoms with Gasteiger partial charge in [-0.1, -0.05) is 11.8 Å². The minimum Gasteiger partial charge on any atom is -0.493 e. The average Bonchev–Trinajstić information content (AvgIpc) is 2.38. The largest absolute Gasteiger partial charge is 0.493 e. The van der Waals surface area contributed by atoms with Crippen LogP contribution in [0.5, 0.6) is 11.5 Å². The second-order valence-electron chi connectivity index (χ2n) is 3.23. The highest BCUT2D eigenvalue weighted by atomic mass is 32.2. The first-order valence-electron chi connectivity index (χ1n) is 4.97. The van der Waals surface area contributed by atoms with E-state index in [-0.39, 0.29) is 5.24 Å². The number of benzene rings is 1. The summed E-state index contributed by atoms with van der Waals surface area (Å²) in [7, 11) is 3.12. The molecule has 0 fully saturated rings. The highest BCUT2D eigenvalue weighted by Crippen LogP contribution is 2.33. The molecular formula is C11H12N2O3S. The summed E-state index contributed by atoms with van der Waals surface area (Å²) in [6.07, 6.45) is 1.70. The van der Waals surface area contributed by atoms with Crippen molar-refractivity contribution in [1.29, 1.82) is 0 Å². The zero-order valence-electron chi connectivity index (χ0n) is 9.54. The van der Waals surface area contributed by atoms with Crippen LogP contribution < -0.4 is 14.5 Å². The van der Waals surface area contributed by atoms with Crippen molar-refractivity contribution >= 4 is 28.9 Å². The lowest BCUT2D eigenvalue weighted by atomic mass is 10.2. The van der Waals surface area contributed by atoms with Gasteiger partial charge < -0.3 is 9.47 Å². The van der Waals surface area contributed by atoms with E-state index in [1.807, 2.05) is 0 Å². The summed E-state index contributed by atoms with van der Waals surface area (Å²) in [5.74, 6) is 1.81. The lowest BCUT2D eigenvalue weighted by Gasteiger charge is -2.20. The molecule has 90 valence electrons. The number of amides is 1. The van der Waals surface area contributed by atoms with Crippen molar-refractivity contribution < 1.29 is 14.3 Å². The van der Waals surface area contributed by atoms with Gasteiger partial charge in [0.25, 0.3) is 0 Å². The van der Waals surface area contributed by atoms with Crippen LogP contribution in [0.3, 0.4) is 0 Å². The molecule has 1 aliphatic heterocycles. The van der Waals surface area contributed by atoms with Gasteiger partial charge in [-0.3, -0.25) is 4.79 Å². The Morgan fingerprint density at radius 1 is 1.29 bits per heavy atom. The topological polar surface area (TPSA) is 51.1 Å². The first kappa shape index (κ1) is 11.8. The minimum absolute atomic E-state index is 0.0975. The Kier molecular flexibility index (Phi) is 3.53. The van der Waals surface area contributed by atoms with Gasteiger partial charge in [0.2, 0.25) is 0 Å². The van der Waals surface area contributed by atoms with Gasteiger partial charge in [-0.05, 0) is 12.1 Å². The molecule has 0 aliphatic carbocycles. The summed E-state index contributed by atoms with van der Waals surface area (Å²) >= 11 is 1.21. The van der Waals surface area contributed by atoms with Crippen LogP contribution in [0, 0.1) is 0 Å². The third-order valence-corrected chi connectivity index (χ3v) is 3.00. The Labute approximate surface area is 103 Å². The fourth-order valence-corrected chi connectivity index (χ4v) is 2.02. The maximum atomic E-state index is 11.7. The molecule has 0 radical (unpaired) electrons. The third-order valence-electron chi connectivity index (χ3n) is 2.26. The van der Waals surface area contributed by atoms with Crippen molar-refractivity contribution in [1.82, 2.24) is 0 Å². The number of ether oxygens (including phenoxy) is 2. The number of hydrogen-bond acceptors (Lipinski definition) is 5. The maximum absolute atomic E-state index is 11.7. The monoisotopic (exact) mass is 252 g/mol. The minimum atomic E-state index is -0.0975. The number of carbonyl (C=O) groups is 1. The Bertz CT molecular complexity index is 462. The normalized spacial score (nSPS) is 14.9. The molecule has 0 spiro atoms. The molecule has 17 heavy (non-hydrogen) atoms. The van der Waals surface area contributed by atoms with Gasteiger partial charge in [0.1, 0.15) is 0 Å². The van der Waals surface area contributed by atoms with E-state index < -0.39 is 0 Å². The van der Waals surface area contributed by atoms with Crippen molar-refractivity contribution in [2.24, 2.45) is 5.10 Å². The highest BCUT2D eigenvalue weighted by molar-refractivity contribution is 8.14. The van der Waals surface area contributed by atoms with Gasteiger partial charge in [-0.2, -0.15) is 10.1 Å². The first-order valence-corrected chi connectivity index (χ1v) is 5.96. The van der Waals surface area contributed by atoms with Crippen LogP contribution in [-0.2, 0) is 0 Å². The van der Waals surface area contributed by atoms with Gasteiger partial charge in [-0.15, -0.1) is 0 Å². The third kappa shape index (κ3) is 2.36. The molecule has 1 aromatic carbocycles. The molecule has 1 amide bonds. The second kappa shape index (κ2) is 5.09. The van der Waals surface area contributed by atoms with Crippen LogP contribution in [0.15, 0.2) is 23.3 Å². The number of methoxy groups -OCH3 is 2. The van der Waals surface area contributed by atoms with Gasteiger partial charge in [0.05, 0.1) is 19.9 Å². The van der Waals surface area contributed by atoms with Crippen molar-refractivity contribution in [3.8, 4) is 11.5 Å². The predicted octanol–water partition coefficient (Wildman–Crippen LogP) is 2.36. The van der Waals surface area contributed by atoms with Crippen LogP contribution in [0.4, 0.5) is 10.5 Å². The van der Waals surface area contributed by atoms with E-state index in [0.717, 1.165) is 0 Å². The fourth-order valence-electron chi connectivity index (χ4n) is 1.46. The molecule has 1 heterocycles. The maximum Gasteiger partial charge on any atom is 0.306 e. The van der Waals surface area contributed by atoms with Crippen LogP contribution in [0.2, 0.25) is 0 Å². The van der Waals surface area contributed by atoms with E-state index >= 15 is 0 Å². The van der Waals surface area contributed by atoms with E-state index in [1.54, 1.807) is 38.6 Å². The molecule has 5 nitrogen and oxygen atoms in total. The van der Waals surface area contributed by atoms with Crippen molar-refractivity contribution in [2.45, 2.75) is 0 Å². The zero-order chi connectivity index (χ0) is 12.3. The zero-order valence-corrected chi connectivity index (χ0v) is 10.4. The average molecular weight is 252 g/mol. The van der Waals surface area contributed by atoms with Crippen molar-refractivity contribution in [3.05, 3.63) is 18.2 Å². The molecule has 1 aliphatic rings. The molecule has 0 saturated heterocycles. The molecule has 0 aromatic heterocycles. The quantitative estimate of drug-likeness (QED) is 0.828. The molecule has 6 heteroatoms. The van der Waals surface area contributed by atoms with Crippen molar-refractivity contribution in [2.75, 3.05) is 25.0 Å². The number of carbonyl (C=O) groups excluding carboxylic acids is 1. The summed E-state index contributed by atoms with van der Waals surface area (Å²) in [4.78, 5) is 11.7. The second-order valence-corrected chi connectivity index (χ2v) is 4.20. The smallest absolute Gasteiger partial charge is 0.306 e. The first-order chi connectivity index (χ1) is 8.26. The van der Waals surface area contributed by atoms with Crippen LogP contribution in [0.25, 0.3) is 0 Å². The van der Waals surface area contributed by atoms with Crippen molar-refractivity contribution in [3.63, 3.8) is 0 Å². The lowest BCUT2D eigenvalue weighted by molar-refractivity contribution is 0.265. The number of thioether (sulfide) groups is 1. The molecule has 1 aromatic rings. The summed E-state index contributed by atoms with van der Waals surface area (Å²) in [6, 6.07) is 5.23. The van der Waals surface area contributed by atoms with Crippen LogP contribution in [-0.4, -0.2) is 31.4 Å². The summed E-state index contributed by atoms with van der Waals surface area (Å²) < 4.78 is 10.3. The molecule has 0 N–H and O–H groups in total. The Balaban J connectivity index is 2.35. The number of nitrogens with zero attached hydrogens (tertiary/aromatic N) is 2. The molecule has 0 bridgehead atoms. The number of anilines is 1. The summed E-state index contributed by atoms with van der Waals surface area (Å²) in [5.41, 5.74) is 0.663. The number of rotatable bonds is 3. The Morgan fingerprint density at radius 2 is 2.06 bits per heavy atom.